The van der Waals surface area contributed by atoms with Crippen molar-refractivity contribution in [3.63, 3.8) is 0 Å². The first-order valence-corrected chi connectivity index (χ1v) is 3.43. The molecule has 0 aromatic heterocycles. The van der Waals surface area contributed by atoms with Gasteiger partial charge in [0.1, 0.15) is 6.26 Å². The molecule has 53 valence electrons. The fourth-order valence-electron chi connectivity index (χ4n) is 0.213. The highest BCUT2D eigenvalue weighted by Crippen LogP contribution is 1.93. The summed E-state index contributed by atoms with van der Waals surface area (Å²) < 4.78 is 28.5. The molecule has 1 radical (unpaired) electrons. The molecule has 0 aliphatic rings. The van der Waals surface area contributed by atoms with Gasteiger partial charge in [-0.1, -0.05) is 6.58 Å². The van der Waals surface area contributed by atoms with Gasteiger partial charge in [-0.15, -0.1) is 0 Å². The SMILES string of the molecule is [CH2]COS(=O)(=O)OC=C. The minimum absolute atomic E-state index is 0.184. The van der Waals surface area contributed by atoms with E-state index in [-0.39, 0.29) is 6.61 Å². The molecule has 4 nitrogen and oxygen atoms in total. The normalized spacial score (nSPS) is 10.8. The molecule has 0 rings (SSSR count). The lowest BCUT2D eigenvalue weighted by atomic mass is 10.9. The Morgan fingerprint density at radius 1 is 1.56 bits per heavy atom. The Morgan fingerprint density at radius 2 is 2.11 bits per heavy atom. The predicted octanol–water partition coefficient (Wildman–Crippen LogP) is 0.242. The van der Waals surface area contributed by atoms with Crippen LogP contribution < -0.4 is 0 Å². The summed E-state index contributed by atoms with van der Waals surface area (Å²) in [5, 5.41) is 0. The Labute approximate surface area is 54.4 Å². The Morgan fingerprint density at radius 3 is 2.44 bits per heavy atom. The molecule has 9 heavy (non-hydrogen) atoms. The second kappa shape index (κ2) is 3.47. The van der Waals surface area contributed by atoms with Crippen LogP contribution in [0.2, 0.25) is 0 Å². The molecular weight excluding hydrogens is 144 g/mol. The van der Waals surface area contributed by atoms with E-state index >= 15 is 0 Å². The van der Waals surface area contributed by atoms with Gasteiger partial charge in [0.25, 0.3) is 0 Å². The molecule has 0 amide bonds. The fraction of sp³-hybridized carbons (Fsp3) is 0.250. The highest BCUT2D eigenvalue weighted by atomic mass is 32.3. The maximum Gasteiger partial charge on any atom is 0.448 e. The molecule has 0 aromatic rings. The average Bonchev–Trinajstić information content (AvgIpc) is 1.64. The lowest BCUT2D eigenvalue weighted by Gasteiger charge is -1.97. The van der Waals surface area contributed by atoms with Crippen molar-refractivity contribution in [1.82, 2.24) is 0 Å². The summed E-state index contributed by atoms with van der Waals surface area (Å²) in [6.07, 6.45) is 0.769. The van der Waals surface area contributed by atoms with Crippen LogP contribution >= 0.6 is 0 Å². The van der Waals surface area contributed by atoms with Gasteiger partial charge in [-0.05, 0) is 6.92 Å². The van der Waals surface area contributed by atoms with Crippen LogP contribution in [0.5, 0.6) is 0 Å². The zero-order chi connectivity index (χ0) is 7.33. The Kier molecular flexibility index (Phi) is 3.26. The molecule has 0 aliphatic carbocycles. The number of hydrogen-bond acceptors (Lipinski definition) is 4. The number of rotatable bonds is 4. The van der Waals surface area contributed by atoms with Crippen LogP contribution in [0.15, 0.2) is 12.8 Å². The zero-order valence-corrected chi connectivity index (χ0v) is 5.56. The van der Waals surface area contributed by atoms with Crippen molar-refractivity contribution in [2.45, 2.75) is 0 Å². The third-order valence-electron chi connectivity index (χ3n) is 0.414. The summed E-state index contributed by atoms with van der Waals surface area (Å²) >= 11 is 0. The van der Waals surface area contributed by atoms with Gasteiger partial charge >= 0.3 is 10.4 Å². The van der Waals surface area contributed by atoms with Crippen molar-refractivity contribution < 1.29 is 16.8 Å². The second-order valence-corrected chi connectivity index (χ2v) is 2.24. The van der Waals surface area contributed by atoms with E-state index in [9.17, 15) is 8.42 Å². The van der Waals surface area contributed by atoms with Gasteiger partial charge < -0.3 is 4.18 Å². The molecule has 0 aliphatic heterocycles. The molecular formula is C4H7O4S. The smallest absolute Gasteiger partial charge is 0.370 e. The van der Waals surface area contributed by atoms with Gasteiger partial charge in [0.15, 0.2) is 0 Å². The van der Waals surface area contributed by atoms with Crippen molar-refractivity contribution in [2.75, 3.05) is 6.61 Å². The van der Waals surface area contributed by atoms with E-state index in [1.54, 1.807) is 0 Å². The van der Waals surface area contributed by atoms with E-state index in [1.807, 2.05) is 0 Å². The summed E-state index contributed by atoms with van der Waals surface area (Å²) in [6.45, 7) is 5.98. The van der Waals surface area contributed by atoms with Crippen molar-refractivity contribution >= 4 is 10.4 Å². The Bertz CT molecular complexity index is 169. The van der Waals surface area contributed by atoms with Crippen LogP contribution in [0.25, 0.3) is 0 Å². The van der Waals surface area contributed by atoms with Crippen LogP contribution in [-0.4, -0.2) is 15.0 Å². The third-order valence-corrected chi connectivity index (χ3v) is 1.24. The Balaban J connectivity index is 3.88. The molecule has 5 heteroatoms. The van der Waals surface area contributed by atoms with Gasteiger partial charge in [0.2, 0.25) is 0 Å². The molecule has 0 saturated heterocycles. The standard InChI is InChI=1S/C4H7O4S/c1-3-7-9(5,6)8-4-2/h3H,1-2,4H2. The van der Waals surface area contributed by atoms with Crippen LogP contribution in [0.4, 0.5) is 0 Å². The van der Waals surface area contributed by atoms with E-state index in [4.69, 9.17) is 0 Å². The van der Waals surface area contributed by atoms with Gasteiger partial charge in [-0.25, -0.2) is 4.18 Å². The van der Waals surface area contributed by atoms with Crippen molar-refractivity contribution in [1.29, 1.82) is 0 Å². The topological polar surface area (TPSA) is 52.6 Å². The van der Waals surface area contributed by atoms with Gasteiger partial charge in [-0.3, -0.25) is 0 Å². The molecule has 0 atom stereocenters. The average molecular weight is 151 g/mol. The van der Waals surface area contributed by atoms with Gasteiger partial charge in [0, 0.05) is 0 Å². The van der Waals surface area contributed by atoms with Crippen LogP contribution in [0, 0.1) is 6.92 Å². The van der Waals surface area contributed by atoms with Crippen molar-refractivity contribution in [2.24, 2.45) is 0 Å². The summed E-state index contributed by atoms with van der Waals surface area (Å²) in [7, 11) is -3.86. The highest BCUT2D eigenvalue weighted by molar-refractivity contribution is 7.81. The minimum atomic E-state index is -3.86. The molecule has 0 saturated carbocycles. The van der Waals surface area contributed by atoms with E-state index in [0.29, 0.717) is 0 Å². The van der Waals surface area contributed by atoms with Crippen molar-refractivity contribution in [3.05, 3.63) is 19.8 Å². The number of hydrogen-bond donors (Lipinski definition) is 0. The molecule has 0 N–H and O–H groups in total. The van der Waals surface area contributed by atoms with E-state index in [0.717, 1.165) is 6.26 Å². The predicted molar refractivity (Wildman–Crippen MR) is 31.5 cm³/mol. The van der Waals surface area contributed by atoms with Crippen LogP contribution in [0.1, 0.15) is 0 Å². The van der Waals surface area contributed by atoms with Crippen LogP contribution in [0.3, 0.4) is 0 Å². The van der Waals surface area contributed by atoms with Gasteiger partial charge in [0.05, 0.1) is 6.61 Å². The molecule has 0 unspecified atom stereocenters. The first kappa shape index (κ1) is 8.45. The summed E-state index contributed by atoms with van der Waals surface area (Å²) in [5.74, 6) is 0. The molecule has 0 fully saturated rings. The van der Waals surface area contributed by atoms with E-state index in [2.05, 4.69) is 21.9 Å². The molecule has 0 bridgehead atoms. The molecule has 0 aromatic carbocycles. The summed E-state index contributed by atoms with van der Waals surface area (Å²) in [6, 6.07) is 0. The molecule has 0 spiro atoms. The lowest BCUT2D eigenvalue weighted by molar-refractivity contribution is 0.283. The summed E-state index contributed by atoms with van der Waals surface area (Å²) in [5.41, 5.74) is 0. The minimum Gasteiger partial charge on any atom is -0.370 e. The highest BCUT2D eigenvalue weighted by Gasteiger charge is 2.06. The van der Waals surface area contributed by atoms with Crippen molar-refractivity contribution in [3.8, 4) is 0 Å². The maximum atomic E-state index is 10.3. The summed E-state index contributed by atoms with van der Waals surface area (Å²) in [4.78, 5) is 0. The monoisotopic (exact) mass is 151 g/mol. The van der Waals surface area contributed by atoms with Gasteiger partial charge in [-0.2, -0.15) is 8.42 Å². The maximum absolute atomic E-state index is 10.3. The largest absolute Gasteiger partial charge is 0.448 e. The first-order valence-electron chi connectivity index (χ1n) is 2.10. The molecule has 0 heterocycles. The lowest BCUT2D eigenvalue weighted by Crippen LogP contribution is -2.05. The fourth-order valence-corrected chi connectivity index (χ4v) is 0.640. The second-order valence-electron chi connectivity index (χ2n) is 0.993. The van der Waals surface area contributed by atoms with E-state index < -0.39 is 10.4 Å². The third kappa shape index (κ3) is 3.99. The van der Waals surface area contributed by atoms with E-state index in [1.165, 1.54) is 0 Å². The zero-order valence-electron chi connectivity index (χ0n) is 4.74. The Hall–Kier alpha value is -0.550. The van der Waals surface area contributed by atoms with Crippen LogP contribution in [-0.2, 0) is 18.8 Å². The first-order chi connectivity index (χ1) is 4.12. The quantitative estimate of drug-likeness (QED) is 0.540.